The Morgan fingerprint density at radius 1 is 1.19 bits per heavy atom. The zero-order valence-electron chi connectivity index (χ0n) is 16.2. The van der Waals surface area contributed by atoms with Crippen molar-refractivity contribution in [2.75, 3.05) is 13.4 Å². The molecule has 2 aliphatic carbocycles. The molecule has 2 aliphatic rings. The third-order valence-corrected chi connectivity index (χ3v) is 8.20. The summed E-state index contributed by atoms with van der Waals surface area (Å²) < 4.78 is 39.0. The zero-order valence-corrected chi connectivity index (χ0v) is 17.8. The molecule has 2 atom stereocenters. The van der Waals surface area contributed by atoms with Crippen molar-refractivity contribution >= 4 is 21.9 Å². The minimum atomic E-state index is -3.60. The Morgan fingerprint density at radius 3 is 2.44 bits per heavy atom. The van der Waals surface area contributed by atoms with Crippen molar-refractivity contribution < 1.29 is 17.3 Å². The van der Waals surface area contributed by atoms with Gasteiger partial charge < -0.3 is 8.92 Å². The van der Waals surface area contributed by atoms with Crippen molar-refractivity contribution in [2.24, 2.45) is 5.92 Å². The molecule has 2 unspecified atom stereocenters. The third-order valence-electron chi connectivity index (χ3n) is 5.67. The smallest absolute Gasteiger partial charge is 0.188 e. The van der Waals surface area contributed by atoms with Crippen molar-refractivity contribution in [1.29, 1.82) is 0 Å². The van der Waals surface area contributed by atoms with E-state index in [1.54, 1.807) is 31.4 Å². The Morgan fingerprint density at radius 2 is 1.89 bits per heavy atom. The molecule has 1 fully saturated rings. The second-order valence-electron chi connectivity index (χ2n) is 7.15. The SMILES string of the molecule is COC1=C(C)C(C(C(OSC)C2CCC2)S(=O)(=O)c2ccccc2)=CCC1. The largest absolute Gasteiger partial charge is 0.501 e. The van der Waals surface area contributed by atoms with Crippen LogP contribution in [0, 0.1) is 5.92 Å². The Bertz CT molecular complexity index is 808. The molecule has 0 aromatic heterocycles. The first-order chi connectivity index (χ1) is 13.0. The van der Waals surface area contributed by atoms with Crippen LogP contribution >= 0.6 is 12.0 Å². The van der Waals surface area contributed by atoms with E-state index in [0.29, 0.717) is 4.90 Å². The number of ether oxygens (including phenoxy) is 1. The lowest BCUT2D eigenvalue weighted by atomic mass is 9.77. The number of sulfone groups is 1. The Kier molecular flexibility index (Phi) is 6.71. The van der Waals surface area contributed by atoms with Crippen molar-refractivity contribution in [2.45, 2.75) is 55.3 Å². The van der Waals surface area contributed by atoms with Crippen LogP contribution < -0.4 is 0 Å². The molecule has 0 bridgehead atoms. The fourth-order valence-corrected chi connectivity index (χ4v) is 6.61. The first-order valence-corrected chi connectivity index (χ1v) is 12.1. The van der Waals surface area contributed by atoms with Gasteiger partial charge in [-0.3, -0.25) is 0 Å². The van der Waals surface area contributed by atoms with Crippen LogP contribution in [0.1, 0.15) is 39.0 Å². The average molecular weight is 409 g/mol. The summed E-state index contributed by atoms with van der Waals surface area (Å²) in [5.41, 5.74) is 1.77. The third kappa shape index (κ3) is 4.13. The van der Waals surface area contributed by atoms with Crippen molar-refractivity contribution in [3.63, 3.8) is 0 Å². The predicted octanol–water partition coefficient (Wildman–Crippen LogP) is 4.93. The summed E-state index contributed by atoms with van der Waals surface area (Å²) in [6, 6.07) is 8.74. The second kappa shape index (κ2) is 8.84. The zero-order chi connectivity index (χ0) is 19.4. The highest BCUT2D eigenvalue weighted by Gasteiger charge is 2.45. The van der Waals surface area contributed by atoms with Crippen molar-refractivity contribution in [3.8, 4) is 0 Å². The average Bonchev–Trinajstić information content (AvgIpc) is 2.62. The minimum absolute atomic E-state index is 0.266. The number of methoxy groups -OCH3 is 1. The maximum atomic E-state index is 13.7. The quantitative estimate of drug-likeness (QED) is 0.571. The van der Waals surface area contributed by atoms with E-state index in [1.807, 2.05) is 19.2 Å². The molecule has 4 nitrogen and oxygen atoms in total. The van der Waals surface area contributed by atoms with Gasteiger partial charge in [0.2, 0.25) is 0 Å². The number of hydrogen-bond acceptors (Lipinski definition) is 5. The highest BCUT2D eigenvalue weighted by molar-refractivity contribution is 7.94. The fourth-order valence-electron chi connectivity index (χ4n) is 3.98. The van der Waals surface area contributed by atoms with Crippen LogP contribution in [-0.2, 0) is 18.8 Å². The summed E-state index contributed by atoms with van der Waals surface area (Å²) in [5.74, 6) is 1.14. The van der Waals surface area contributed by atoms with Crippen molar-refractivity contribution in [1.82, 2.24) is 0 Å². The fraction of sp³-hybridized carbons (Fsp3) is 0.524. The van der Waals surface area contributed by atoms with Crippen LogP contribution in [0.3, 0.4) is 0 Å². The molecule has 0 N–H and O–H groups in total. The summed E-state index contributed by atoms with van der Waals surface area (Å²) in [5, 5.41) is -0.719. The molecule has 1 aromatic rings. The van der Waals surface area contributed by atoms with E-state index in [4.69, 9.17) is 8.92 Å². The molecule has 6 heteroatoms. The lowest BCUT2D eigenvalue weighted by Crippen LogP contribution is -2.44. The summed E-state index contributed by atoms with van der Waals surface area (Å²) >= 11 is 1.26. The topological polar surface area (TPSA) is 52.6 Å². The molecule has 0 radical (unpaired) electrons. The van der Waals surface area contributed by atoms with Gasteiger partial charge in [0.25, 0.3) is 0 Å². The Labute approximate surface area is 167 Å². The number of benzene rings is 1. The van der Waals surface area contributed by atoms with Gasteiger partial charge in [0.1, 0.15) is 5.25 Å². The number of rotatable bonds is 8. The van der Waals surface area contributed by atoms with Gasteiger partial charge in [-0.1, -0.05) is 30.7 Å². The summed E-state index contributed by atoms with van der Waals surface area (Å²) in [6.07, 6.45) is 8.31. The van der Waals surface area contributed by atoms with E-state index < -0.39 is 15.1 Å². The van der Waals surface area contributed by atoms with Gasteiger partial charge in [0.15, 0.2) is 9.84 Å². The molecule has 3 rings (SSSR count). The van der Waals surface area contributed by atoms with E-state index >= 15 is 0 Å². The Balaban J connectivity index is 2.12. The monoisotopic (exact) mass is 408 g/mol. The van der Waals surface area contributed by atoms with Gasteiger partial charge >= 0.3 is 0 Å². The highest BCUT2D eigenvalue weighted by atomic mass is 32.2. The molecular weight excluding hydrogens is 380 g/mol. The highest BCUT2D eigenvalue weighted by Crippen LogP contribution is 2.42. The summed E-state index contributed by atoms with van der Waals surface area (Å²) in [6.45, 7) is 1.97. The van der Waals surface area contributed by atoms with Crippen LogP contribution in [0.2, 0.25) is 0 Å². The summed E-state index contributed by atoms with van der Waals surface area (Å²) in [4.78, 5) is 0.349. The predicted molar refractivity (Wildman–Crippen MR) is 110 cm³/mol. The molecule has 0 saturated heterocycles. The van der Waals surface area contributed by atoms with Crippen LogP contribution in [0.4, 0.5) is 0 Å². The maximum Gasteiger partial charge on any atom is 0.188 e. The number of hydrogen-bond donors (Lipinski definition) is 0. The van der Waals surface area contributed by atoms with E-state index in [1.165, 1.54) is 12.0 Å². The van der Waals surface area contributed by atoms with Gasteiger partial charge in [-0.15, -0.1) is 0 Å². The molecule has 1 aromatic carbocycles. The summed E-state index contributed by atoms with van der Waals surface area (Å²) in [7, 11) is -1.95. The first kappa shape index (κ1) is 20.5. The van der Waals surface area contributed by atoms with Crippen LogP contribution in [0.15, 0.2) is 58.2 Å². The van der Waals surface area contributed by atoms with Crippen LogP contribution in [0.25, 0.3) is 0 Å². The van der Waals surface area contributed by atoms with Crippen molar-refractivity contribution in [3.05, 3.63) is 53.3 Å². The Hall–Kier alpha value is -1.24. The van der Waals surface area contributed by atoms with Gasteiger partial charge in [-0.2, -0.15) is 0 Å². The molecule has 0 amide bonds. The van der Waals surface area contributed by atoms with Gasteiger partial charge in [0.05, 0.1) is 23.9 Å². The first-order valence-electron chi connectivity index (χ1n) is 9.43. The molecule has 0 aliphatic heterocycles. The maximum absolute atomic E-state index is 13.7. The second-order valence-corrected chi connectivity index (χ2v) is 9.74. The standard InChI is InChI=1S/C21H28O4S2/c1-15-18(13-8-14-19(15)24-2)21(20(25-26-3)16-9-7-10-16)27(22,23)17-11-5-4-6-12-17/h4-6,11-13,16,20-21H,7-10,14H2,1-3H3. The molecule has 27 heavy (non-hydrogen) atoms. The van der Waals surface area contributed by atoms with Crippen LogP contribution in [-0.4, -0.2) is 33.1 Å². The van der Waals surface area contributed by atoms with E-state index in [2.05, 4.69) is 6.08 Å². The minimum Gasteiger partial charge on any atom is -0.501 e. The van der Waals surface area contributed by atoms with E-state index in [0.717, 1.165) is 49.0 Å². The van der Waals surface area contributed by atoms with Gasteiger partial charge in [-0.25, -0.2) is 8.42 Å². The normalized spacial score (nSPS) is 20.6. The molecule has 148 valence electrons. The lowest BCUT2D eigenvalue weighted by molar-refractivity contribution is 0.107. The lowest BCUT2D eigenvalue weighted by Gasteiger charge is -2.39. The van der Waals surface area contributed by atoms with Gasteiger partial charge in [0, 0.05) is 12.7 Å². The van der Waals surface area contributed by atoms with E-state index in [-0.39, 0.29) is 12.0 Å². The molecule has 1 saturated carbocycles. The molecule has 0 heterocycles. The molecule has 0 spiro atoms. The molecular formula is C21H28O4S2. The van der Waals surface area contributed by atoms with Gasteiger partial charge in [-0.05, 0) is 67.4 Å². The van der Waals surface area contributed by atoms with E-state index in [9.17, 15) is 8.42 Å². The number of allylic oxidation sites excluding steroid dienone is 3. The van der Waals surface area contributed by atoms with Crippen LogP contribution in [0.5, 0.6) is 0 Å².